The molecule has 1 N–H and O–H groups in total. The first-order valence-corrected chi connectivity index (χ1v) is 18.5. The van der Waals surface area contributed by atoms with Crippen LogP contribution in [0.4, 0.5) is 0 Å². The summed E-state index contributed by atoms with van der Waals surface area (Å²) in [6.07, 6.45) is 23.3. The number of benzene rings is 1. The molecule has 2 saturated carbocycles. The number of aliphatic hydroxyl groups is 1. The number of rotatable bonds is 16. The number of fused-ring (bicyclic) bond motifs is 1. The van der Waals surface area contributed by atoms with Gasteiger partial charge in [0.25, 0.3) is 0 Å². The Hall–Kier alpha value is -2.24. The van der Waals surface area contributed by atoms with Crippen molar-refractivity contribution in [2.75, 3.05) is 26.9 Å². The van der Waals surface area contributed by atoms with E-state index in [0.717, 1.165) is 37.2 Å². The molecular formula is C41H64O5. The summed E-state index contributed by atoms with van der Waals surface area (Å²) in [5.74, 6) is 4.61. The van der Waals surface area contributed by atoms with Crippen molar-refractivity contribution in [3.05, 3.63) is 59.2 Å². The Morgan fingerprint density at radius 1 is 0.957 bits per heavy atom. The highest BCUT2D eigenvalue weighted by atomic mass is 16.5. The lowest BCUT2D eigenvalue weighted by Crippen LogP contribution is -2.27. The molecular weight excluding hydrogens is 572 g/mol. The van der Waals surface area contributed by atoms with E-state index in [1.54, 1.807) is 30.7 Å². The van der Waals surface area contributed by atoms with E-state index in [-0.39, 0.29) is 18.1 Å². The first kappa shape index (κ1) is 38.2. The SMILES string of the molecule is C=C(C)C(=O)OCCC(CCOC)C1CCC(c2ccc3c(c2)CCC(C2CCC(CCCCC)CC2)C3)CC1.C=C(C=O)CO. The van der Waals surface area contributed by atoms with Gasteiger partial charge in [0.15, 0.2) is 0 Å². The Bertz CT molecular complexity index is 1080. The summed E-state index contributed by atoms with van der Waals surface area (Å²) in [5, 5.41) is 8.00. The zero-order valence-corrected chi connectivity index (χ0v) is 29.4. The molecule has 4 rings (SSSR count). The van der Waals surface area contributed by atoms with Crippen molar-refractivity contribution in [2.45, 2.75) is 129 Å². The first-order valence-electron chi connectivity index (χ1n) is 18.5. The molecule has 0 aliphatic heterocycles. The van der Waals surface area contributed by atoms with Gasteiger partial charge >= 0.3 is 5.97 Å². The van der Waals surface area contributed by atoms with Crippen LogP contribution in [-0.4, -0.2) is 44.3 Å². The van der Waals surface area contributed by atoms with E-state index in [0.29, 0.717) is 36.2 Å². The van der Waals surface area contributed by atoms with Crippen LogP contribution in [0.15, 0.2) is 42.5 Å². The highest BCUT2D eigenvalue weighted by Crippen LogP contribution is 2.44. The third kappa shape index (κ3) is 12.4. The van der Waals surface area contributed by atoms with Crippen molar-refractivity contribution in [1.82, 2.24) is 0 Å². The molecule has 1 aromatic carbocycles. The van der Waals surface area contributed by atoms with Gasteiger partial charge in [-0.15, -0.1) is 0 Å². The van der Waals surface area contributed by atoms with Gasteiger partial charge in [-0.2, -0.15) is 0 Å². The molecule has 0 amide bonds. The molecule has 46 heavy (non-hydrogen) atoms. The Morgan fingerprint density at radius 2 is 1.67 bits per heavy atom. The normalized spacial score (nSPS) is 24.9. The van der Waals surface area contributed by atoms with Gasteiger partial charge in [-0.05, 0) is 130 Å². The fraction of sp³-hybridized carbons (Fsp3) is 0.707. The van der Waals surface area contributed by atoms with Crippen molar-refractivity contribution in [2.24, 2.45) is 29.6 Å². The third-order valence-corrected chi connectivity index (χ3v) is 11.3. The van der Waals surface area contributed by atoms with Crippen LogP contribution >= 0.6 is 0 Å². The number of hydrogen-bond acceptors (Lipinski definition) is 5. The minimum Gasteiger partial charge on any atom is -0.462 e. The molecule has 3 aliphatic carbocycles. The molecule has 5 heteroatoms. The second kappa shape index (κ2) is 20.9. The third-order valence-electron chi connectivity index (χ3n) is 11.3. The highest BCUT2D eigenvalue weighted by Gasteiger charge is 2.32. The molecule has 3 aliphatic rings. The van der Waals surface area contributed by atoms with Crippen molar-refractivity contribution in [3.63, 3.8) is 0 Å². The van der Waals surface area contributed by atoms with Crippen molar-refractivity contribution < 1.29 is 24.2 Å². The maximum absolute atomic E-state index is 11.8. The number of aryl methyl sites for hydroxylation is 1. The summed E-state index contributed by atoms with van der Waals surface area (Å²) in [4.78, 5) is 21.3. The Balaban J connectivity index is 0.000000875. The summed E-state index contributed by atoms with van der Waals surface area (Å²) in [6.45, 7) is 12.0. The molecule has 2 unspecified atom stereocenters. The van der Waals surface area contributed by atoms with Gasteiger partial charge in [0.2, 0.25) is 0 Å². The van der Waals surface area contributed by atoms with E-state index in [4.69, 9.17) is 14.6 Å². The number of methoxy groups -OCH3 is 1. The first-order chi connectivity index (χ1) is 22.3. The molecule has 5 nitrogen and oxygen atoms in total. The van der Waals surface area contributed by atoms with Crippen LogP contribution in [0.1, 0.15) is 133 Å². The Kier molecular flexibility index (Phi) is 17.3. The van der Waals surface area contributed by atoms with Gasteiger partial charge in [-0.25, -0.2) is 4.79 Å². The predicted octanol–water partition coefficient (Wildman–Crippen LogP) is 9.35. The summed E-state index contributed by atoms with van der Waals surface area (Å²) in [7, 11) is 1.79. The van der Waals surface area contributed by atoms with Crippen LogP contribution in [0, 0.1) is 29.6 Å². The molecule has 1 aromatic rings. The minimum absolute atomic E-state index is 0.218. The Labute approximate surface area is 280 Å². The fourth-order valence-corrected chi connectivity index (χ4v) is 8.36. The zero-order valence-electron chi connectivity index (χ0n) is 29.4. The number of carbonyl (C=O) groups excluding carboxylic acids is 2. The van der Waals surface area contributed by atoms with Gasteiger partial charge < -0.3 is 14.6 Å². The van der Waals surface area contributed by atoms with E-state index < -0.39 is 0 Å². The minimum atomic E-state index is -0.266. The summed E-state index contributed by atoms with van der Waals surface area (Å²) >= 11 is 0. The maximum Gasteiger partial charge on any atom is 0.333 e. The van der Waals surface area contributed by atoms with E-state index in [1.165, 1.54) is 96.3 Å². The smallest absolute Gasteiger partial charge is 0.333 e. The van der Waals surface area contributed by atoms with E-state index in [9.17, 15) is 9.59 Å². The van der Waals surface area contributed by atoms with Crippen molar-refractivity contribution in [3.8, 4) is 0 Å². The van der Waals surface area contributed by atoms with Crippen LogP contribution in [0.25, 0.3) is 0 Å². The number of aldehydes is 1. The standard InChI is InChI=1S/C37H58O3.C4H6O2/c1-5-6-7-8-28-9-11-30(12-10-28)33-17-19-36-26-34(18-20-35(36)25-33)31-15-13-29(14-16-31)32(21-23-39-4)22-24-40-37(38)27(2)3;1-4(2-5)3-6/h18,20,26,28-33H,2,5-17,19,21-25H2,1,3-4H3;2,6H,1,3H2. The summed E-state index contributed by atoms with van der Waals surface area (Å²) in [5.41, 5.74) is 5.60. The van der Waals surface area contributed by atoms with E-state index in [1.807, 2.05) is 0 Å². The number of carbonyl (C=O) groups is 2. The number of aliphatic hydroxyl groups excluding tert-OH is 1. The summed E-state index contributed by atoms with van der Waals surface area (Å²) < 4.78 is 10.9. The molecule has 2 fully saturated rings. The molecule has 258 valence electrons. The Morgan fingerprint density at radius 3 is 2.28 bits per heavy atom. The second-order valence-electron chi connectivity index (χ2n) is 14.6. The largest absolute Gasteiger partial charge is 0.462 e. The molecule has 0 heterocycles. The average Bonchev–Trinajstić information content (AvgIpc) is 3.09. The summed E-state index contributed by atoms with van der Waals surface area (Å²) in [6, 6.07) is 7.59. The van der Waals surface area contributed by atoms with Crippen LogP contribution in [-0.2, 0) is 31.9 Å². The molecule has 0 spiro atoms. The van der Waals surface area contributed by atoms with Gasteiger partial charge in [-0.3, -0.25) is 4.79 Å². The lowest BCUT2D eigenvalue weighted by atomic mass is 9.68. The van der Waals surface area contributed by atoms with Gasteiger partial charge in [-0.1, -0.05) is 76.8 Å². The lowest BCUT2D eigenvalue weighted by molar-refractivity contribution is -0.139. The monoisotopic (exact) mass is 636 g/mol. The lowest BCUT2D eigenvalue weighted by Gasteiger charge is -2.37. The topological polar surface area (TPSA) is 72.8 Å². The fourth-order valence-electron chi connectivity index (χ4n) is 8.36. The predicted molar refractivity (Wildman–Crippen MR) is 189 cm³/mol. The van der Waals surface area contributed by atoms with Crippen molar-refractivity contribution >= 4 is 12.3 Å². The number of unbranched alkanes of at least 4 members (excludes halogenated alkanes) is 2. The van der Waals surface area contributed by atoms with Crippen LogP contribution in [0.5, 0.6) is 0 Å². The van der Waals surface area contributed by atoms with Crippen molar-refractivity contribution in [1.29, 1.82) is 0 Å². The van der Waals surface area contributed by atoms with Gasteiger partial charge in [0, 0.05) is 24.9 Å². The van der Waals surface area contributed by atoms with Gasteiger partial charge in [0.1, 0.15) is 6.29 Å². The van der Waals surface area contributed by atoms with Crippen LogP contribution in [0.2, 0.25) is 0 Å². The molecule has 0 bridgehead atoms. The van der Waals surface area contributed by atoms with Crippen LogP contribution < -0.4 is 0 Å². The maximum atomic E-state index is 11.8. The second-order valence-corrected chi connectivity index (χ2v) is 14.6. The zero-order chi connectivity index (χ0) is 33.3. The van der Waals surface area contributed by atoms with Crippen LogP contribution in [0.3, 0.4) is 0 Å². The quantitative estimate of drug-likeness (QED) is 0.0847. The number of esters is 1. The molecule has 0 saturated heterocycles. The van der Waals surface area contributed by atoms with Gasteiger partial charge in [0.05, 0.1) is 13.2 Å². The highest BCUT2D eigenvalue weighted by molar-refractivity contribution is 5.86. The molecule has 2 atom stereocenters. The van der Waals surface area contributed by atoms with E-state index >= 15 is 0 Å². The molecule has 0 radical (unpaired) electrons. The molecule has 0 aromatic heterocycles. The number of ether oxygens (including phenoxy) is 2. The number of hydrogen-bond donors (Lipinski definition) is 1. The van der Waals surface area contributed by atoms with E-state index in [2.05, 4.69) is 38.3 Å². The average molecular weight is 637 g/mol.